The molecule has 0 saturated heterocycles. The predicted octanol–water partition coefficient (Wildman–Crippen LogP) is 1.37. The summed E-state index contributed by atoms with van der Waals surface area (Å²) in [5, 5.41) is 1.66. The molecular weight excluding hydrogens is 199 g/mol. The van der Waals surface area contributed by atoms with E-state index in [1.54, 1.807) is 6.07 Å². The van der Waals surface area contributed by atoms with Gasteiger partial charge in [-0.2, -0.15) is 9.98 Å². The molecule has 1 aromatic rings. The Morgan fingerprint density at radius 3 is 2.67 bits per heavy atom. The topological polar surface area (TPSA) is 41.8 Å². The first-order valence-corrected chi connectivity index (χ1v) is 3.89. The molecular formula is C7H2Cl2N2O. The van der Waals surface area contributed by atoms with Gasteiger partial charge in [-0.15, -0.1) is 0 Å². The predicted molar refractivity (Wildman–Crippen MR) is 44.2 cm³/mol. The van der Waals surface area contributed by atoms with Crippen LogP contribution in [0, 0.1) is 0 Å². The fourth-order valence-electron chi connectivity index (χ4n) is 0.972. The third-order valence-corrected chi connectivity index (χ3v) is 1.94. The minimum Gasteiger partial charge on any atom is -0.244 e. The lowest BCUT2D eigenvalue weighted by Gasteiger charge is -1.88. The molecule has 0 spiro atoms. The maximum absolute atomic E-state index is 10.7. The Morgan fingerprint density at radius 2 is 1.92 bits per heavy atom. The molecule has 0 radical (unpaired) electrons. The van der Waals surface area contributed by atoms with Crippen LogP contribution in [-0.2, 0) is 0 Å². The fraction of sp³-hybridized carbons (Fsp3) is 0. The monoisotopic (exact) mass is 200 g/mol. The molecule has 12 heavy (non-hydrogen) atoms. The number of rotatable bonds is 0. The first-order chi connectivity index (χ1) is 5.66. The van der Waals surface area contributed by atoms with Gasteiger partial charge in [0.25, 0.3) is 0 Å². The second-order valence-electron chi connectivity index (χ2n) is 2.26. The van der Waals surface area contributed by atoms with E-state index < -0.39 is 6.03 Å². The summed E-state index contributed by atoms with van der Waals surface area (Å²) in [5.74, 6) is 0. The normalized spacial score (nSPS) is 13.7. The van der Waals surface area contributed by atoms with Crippen LogP contribution in [0.1, 0.15) is 0 Å². The second-order valence-corrected chi connectivity index (χ2v) is 3.11. The molecule has 1 aromatic carbocycles. The van der Waals surface area contributed by atoms with E-state index in [0.717, 1.165) is 0 Å². The van der Waals surface area contributed by atoms with Gasteiger partial charge in [-0.1, -0.05) is 23.2 Å². The Morgan fingerprint density at radius 1 is 1.17 bits per heavy atom. The Kier molecular flexibility index (Phi) is 1.63. The molecule has 2 rings (SSSR count). The van der Waals surface area contributed by atoms with Crippen LogP contribution in [0.25, 0.3) is 0 Å². The molecule has 0 aromatic heterocycles. The smallest absolute Gasteiger partial charge is 0.244 e. The summed E-state index contributed by atoms with van der Waals surface area (Å²) in [4.78, 5) is 17.9. The van der Waals surface area contributed by atoms with Gasteiger partial charge in [-0.05, 0) is 12.1 Å². The van der Waals surface area contributed by atoms with Gasteiger partial charge >= 0.3 is 6.03 Å². The van der Waals surface area contributed by atoms with Crippen LogP contribution in [0.2, 0.25) is 10.0 Å². The van der Waals surface area contributed by atoms with Crippen molar-refractivity contribution in [2.45, 2.75) is 0 Å². The minimum atomic E-state index is -0.533. The van der Waals surface area contributed by atoms with Gasteiger partial charge in [-0.3, -0.25) is 0 Å². The first kappa shape index (κ1) is 7.71. The van der Waals surface area contributed by atoms with Crippen molar-refractivity contribution < 1.29 is 4.79 Å². The quantitative estimate of drug-likeness (QED) is 0.624. The number of halogens is 2. The van der Waals surface area contributed by atoms with E-state index in [-0.39, 0.29) is 0 Å². The van der Waals surface area contributed by atoms with E-state index in [2.05, 4.69) is 9.98 Å². The highest BCUT2D eigenvalue weighted by molar-refractivity contribution is 6.34. The summed E-state index contributed by atoms with van der Waals surface area (Å²) in [6, 6.07) is 2.55. The van der Waals surface area contributed by atoms with E-state index >= 15 is 0 Å². The molecule has 0 fully saturated rings. The zero-order chi connectivity index (χ0) is 8.72. The van der Waals surface area contributed by atoms with Gasteiger partial charge in [-0.25, -0.2) is 4.79 Å². The Hall–Kier alpha value is -0.930. The summed E-state index contributed by atoms with van der Waals surface area (Å²) in [6.45, 7) is 0. The zero-order valence-corrected chi connectivity index (χ0v) is 7.23. The van der Waals surface area contributed by atoms with Crippen molar-refractivity contribution in [3.63, 3.8) is 0 Å². The van der Waals surface area contributed by atoms with E-state index in [9.17, 15) is 4.79 Å². The summed E-state index contributed by atoms with van der Waals surface area (Å²) in [6.07, 6.45) is 0. The van der Waals surface area contributed by atoms with Crippen molar-refractivity contribution in [1.82, 2.24) is 0 Å². The number of fused-ring (bicyclic) bond motifs is 1. The molecule has 5 heteroatoms. The maximum atomic E-state index is 10.7. The van der Waals surface area contributed by atoms with Crippen LogP contribution in [-0.4, -0.2) is 6.03 Å². The van der Waals surface area contributed by atoms with Crippen LogP contribution in [0.3, 0.4) is 0 Å². The van der Waals surface area contributed by atoms with Gasteiger partial charge in [0.2, 0.25) is 0 Å². The van der Waals surface area contributed by atoms with E-state index in [0.29, 0.717) is 20.8 Å². The van der Waals surface area contributed by atoms with Crippen LogP contribution >= 0.6 is 23.2 Å². The zero-order valence-electron chi connectivity index (χ0n) is 5.71. The number of carbonyl (C=O) groups is 1. The Bertz CT molecular complexity index is 481. The van der Waals surface area contributed by atoms with Crippen LogP contribution < -0.4 is 10.7 Å². The second kappa shape index (κ2) is 2.54. The molecule has 0 N–H and O–H groups in total. The number of urea groups is 1. The maximum Gasteiger partial charge on any atom is 0.368 e. The van der Waals surface area contributed by atoms with Crippen molar-refractivity contribution in [3.8, 4) is 0 Å². The first-order valence-electron chi connectivity index (χ1n) is 3.13. The number of hydrogen-bond acceptors (Lipinski definition) is 1. The SMILES string of the molecule is O=C1N=c2cc(Cl)cc(Cl)c2=N1. The van der Waals surface area contributed by atoms with E-state index in [1.807, 2.05) is 0 Å². The van der Waals surface area contributed by atoms with Gasteiger partial charge in [0.1, 0.15) is 5.36 Å². The number of benzene rings is 1. The highest BCUT2D eigenvalue weighted by Crippen LogP contribution is 2.09. The van der Waals surface area contributed by atoms with Crippen molar-refractivity contribution in [1.29, 1.82) is 0 Å². The van der Waals surface area contributed by atoms with Crippen molar-refractivity contribution >= 4 is 29.2 Å². The Balaban J connectivity index is 2.95. The van der Waals surface area contributed by atoms with Crippen molar-refractivity contribution in [3.05, 3.63) is 32.9 Å². The number of carbonyl (C=O) groups excluding carboxylic acids is 1. The molecule has 1 heterocycles. The van der Waals surface area contributed by atoms with Gasteiger partial charge in [0, 0.05) is 5.02 Å². The molecule has 0 aliphatic carbocycles. The molecule has 3 nitrogen and oxygen atoms in total. The summed E-state index contributed by atoms with van der Waals surface area (Å²) >= 11 is 11.4. The lowest BCUT2D eigenvalue weighted by molar-refractivity contribution is 0.256. The summed E-state index contributed by atoms with van der Waals surface area (Å²) < 4.78 is 0. The molecule has 60 valence electrons. The number of nitrogens with zero attached hydrogens (tertiary/aromatic N) is 2. The minimum absolute atomic E-state index is 0.354. The third kappa shape index (κ3) is 1.11. The molecule has 0 unspecified atom stereocenters. The van der Waals surface area contributed by atoms with Gasteiger partial charge in [0.05, 0.1) is 10.4 Å². The van der Waals surface area contributed by atoms with E-state index in [4.69, 9.17) is 23.2 Å². The molecule has 0 saturated carbocycles. The number of hydrogen-bond donors (Lipinski definition) is 0. The molecule has 2 amide bonds. The van der Waals surface area contributed by atoms with Crippen LogP contribution in [0.15, 0.2) is 22.1 Å². The molecule has 0 bridgehead atoms. The summed E-state index contributed by atoms with van der Waals surface area (Å²) in [7, 11) is 0. The van der Waals surface area contributed by atoms with Crippen LogP contribution in [0.5, 0.6) is 0 Å². The van der Waals surface area contributed by atoms with E-state index in [1.165, 1.54) is 6.07 Å². The lowest BCUT2D eigenvalue weighted by Crippen LogP contribution is -2.22. The average molecular weight is 201 g/mol. The lowest BCUT2D eigenvalue weighted by atomic mass is 10.3. The standard InChI is InChI=1S/C7H2Cl2N2O/c8-3-1-4(9)6-5(2-3)10-7(12)11-6/h1-2H. The number of amides is 2. The van der Waals surface area contributed by atoms with Crippen molar-refractivity contribution in [2.75, 3.05) is 0 Å². The highest BCUT2D eigenvalue weighted by Gasteiger charge is 2.08. The third-order valence-electron chi connectivity index (χ3n) is 1.43. The molecule has 1 aliphatic heterocycles. The van der Waals surface area contributed by atoms with Crippen LogP contribution in [0.4, 0.5) is 4.79 Å². The molecule has 0 atom stereocenters. The Labute approximate surface area is 77.3 Å². The van der Waals surface area contributed by atoms with Crippen molar-refractivity contribution in [2.24, 2.45) is 9.98 Å². The van der Waals surface area contributed by atoms with Gasteiger partial charge in [0.15, 0.2) is 0 Å². The van der Waals surface area contributed by atoms with Gasteiger partial charge < -0.3 is 0 Å². The fourth-order valence-corrected chi connectivity index (χ4v) is 1.50. The highest BCUT2D eigenvalue weighted by atomic mass is 35.5. The summed E-state index contributed by atoms with van der Waals surface area (Å²) in [5.41, 5.74) is 0. The average Bonchev–Trinajstić information content (AvgIpc) is 2.29. The largest absolute Gasteiger partial charge is 0.368 e. The molecule has 1 aliphatic rings.